The van der Waals surface area contributed by atoms with Crippen LogP contribution in [0.15, 0.2) is 42.6 Å². The second-order valence-corrected chi connectivity index (χ2v) is 6.51. The maximum atomic E-state index is 12.8. The predicted octanol–water partition coefficient (Wildman–Crippen LogP) is 3.07. The van der Waals surface area contributed by atoms with Crippen molar-refractivity contribution in [3.63, 3.8) is 0 Å². The number of anilines is 2. The highest BCUT2D eigenvalue weighted by molar-refractivity contribution is 6.09. The lowest BCUT2D eigenvalue weighted by Gasteiger charge is -2.25. The van der Waals surface area contributed by atoms with E-state index in [1.54, 1.807) is 12.3 Å². The molecular weight excluding hydrogens is 342 g/mol. The van der Waals surface area contributed by atoms with Crippen molar-refractivity contribution in [2.75, 3.05) is 11.9 Å². The molecule has 0 atom stereocenters. The number of nitrogens with one attached hydrogen (secondary N) is 2. The van der Waals surface area contributed by atoms with Gasteiger partial charge in [0.05, 0.1) is 35.7 Å². The lowest BCUT2D eigenvalue weighted by molar-refractivity contribution is -0.129. The summed E-state index contributed by atoms with van der Waals surface area (Å²) >= 11 is 0. The van der Waals surface area contributed by atoms with Crippen LogP contribution in [0.4, 0.5) is 11.4 Å². The highest BCUT2D eigenvalue weighted by Gasteiger charge is 2.31. The van der Waals surface area contributed by atoms with Gasteiger partial charge in [-0.15, -0.1) is 0 Å². The Morgan fingerprint density at radius 2 is 1.96 bits per heavy atom. The van der Waals surface area contributed by atoms with Crippen molar-refractivity contribution in [3.8, 4) is 11.4 Å². The molecule has 7 nitrogen and oxygen atoms in total. The number of carbonyl (C=O) groups is 2. The molecule has 27 heavy (non-hydrogen) atoms. The van der Waals surface area contributed by atoms with Gasteiger partial charge in [0.2, 0.25) is 5.91 Å². The van der Waals surface area contributed by atoms with Crippen LogP contribution in [-0.2, 0) is 11.3 Å². The summed E-state index contributed by atoms with van der Waals surface area (Å²) < 4.78 is 0. The summed E-state index contributed by atoms with van der Waals surface area (Å²) in [7, 11) is 0. The van der Waals surface area contributed by atoms with Crippen molar-refractivity contribution in [1.29, 1.82) is 0 Å². The smallest absolute Gasteiger partial charge is 0.220 e. The van der Waals surface area contributed by atoms with E-state index in [2.05, 4.69) is 20.3 Å². The Bertz CT molecular complexity index is 1030. The van der Waals surface area contributed by atoms with Gasteiger partial charge in [0.15, 0.2) is 5.78 Å². The number of benzene rings is 1. The number of aromatic amines is 1. The minimum absolute atomic E-state index is 0.0753. The number of aromatic nitrogens is 3. The summed E-state index contributed by atoms with van der Waals surface area (Å²) in [6.07, 6.45) is 1.69. The molecule has 0 spiro atoms. The zero-order valence-electron chi connectivity index (χ0n) is 15.1. The van der Waals surface area contributed by atoms with Gasteiger partial charge in [0, 0.05) is 24.5 Å². The average molecular weight is 361 g/mol. The van der Waals surface area contributed by atoms with Gasteiger partial charge in [-0.1, -0.05) is 18.2 Å². The van der Waals surface area contributed by atoms with Gasteiger partial charge in [-0.05, 0) is 25.1 Å². The number of Topliss-reactive ketones (excluding diaryl/α,β-unsaturated/α-hetero) is 1. The zero-order chi connectivity index (χ0) is 19.0. The summed E-state index contributed by atoms with van der Waals surface area (Å²) in [5.41, 5.74) is 4.26. The Morgan fingerprint density at radius 1 is 1.19 bits per heavy atom. The second kappa shape index (κ2) is 6.68. The summed E-state index contributed by atoms with van der Waals surface area (Å²) in [5.74, 6) is 0.418. The van der Waals surface area contributed by atoms with Gasteiger partial charge < -0.3 is 15.2 Å². The molecule has 0 aliphatic carbocycles. The number of para-hydroxylation sites is 1. The lowest BCUT2D eigenvalue weighted by atomic mass is 10.0. The Morgan fingerprint density at radius 3 is 2.67 bits per heavy atom. The van der Waals surface area contributed by atoms with E-state index in [1.165, 1.54) is 11.8 Å². The SMILES string of the molecule is CC(=O)N1CC(=O)c2c([nH]c(-c3ccnc(C)n3)c2Nc2ccccc2)C1. The zero-order valence-corrected chi connectivity index (χ0v) is 15.1. The number of amides is 1. The van der Waals surface area contributed by atoms with Crippen LogP contribution in [0.2, 0.25) is 0 Å². The van der Waals surface area contributed by atoms with Crippen molar-refractivity contribution in [3.05, 3.63) is 59.7 Å². The molecule has 0 bridgehead atoms. The summed E-state index contributed by atoms with van der Waals surface area (Å²) in [4.78, 5) is 38.1. The van der Waals surface area contributed by atoms with E-state index in [1.807, 2.05) is 37.3 Å². The van der Waals surface area contributed by atoms with E-state index in [0.29, 0.717) is 40.7 Å². The molecule has 3 aromatic rings. The van der Waals surface area contributed by atoms with E-state index in [0.717, 1.165) is 5.69 Å². The number of fused-ring (bicyclic) bond motifs is 1. The Hall–Kier alpha value is -3.48. The highest BCUT2D eigenvalue weighted by Crippen LogP contribution is 2.37. The van der Waals surface area contributed by atoms with Crippen LogP contribution in [0.3, 0.4) is 0 Å². The van der Waals surface area contributed by atoms with E-state index in [-0.39, 0.29) is 18.2 Å². The number of ketones is 1. The van der Waals surface area contributed by atoms with Gasteiger partial charge in [0.25, 0.3) is 0 Å². The Labute approximate surface area is 156 Å². The van der Waals surface area contributed by atoms with Crippen molar-refractivity contribution < 1.29 is 9.59 Å². The first kappa shape index (κ1) is 17.0. The minimum atomic E-state index is -0.124. The standard InChI is InChI=1S/C20H19N5O2/c1-12-21-9-8-15(22-12)19-20(23-14-6-4-3-5-7-14)18-16(24-19)10-25(13(2)26)11-17(18)27/h3-9,23-24H,10-11H2,1-2H3. The maximum Gasteiger partial charge on any atom is 0.220 e. The largest absolute Gasteiger partial charge is 0.353 e. The van der Waals surface area contributed by atoms with Crippen LogP contribution in [0.25, 0.3) is 11.4 Å². The van der Waals surface area contributed by atoms with Crippen molar-refractivity contribution in [2.24, 2.45) is 0 Å². The summed E-state index contributed by atoms with van der Waals surface area (Å²) in [6.45, 7) is 3.73. The number of aryl methyl sites for hydroxylation is 1. The maximum absolute atomic E-state index is 12.8. The van der Waals surface area contributed by atoms with E-state index in [4.69, 9.17) is 0 Å². The first-order valence-corrected chi connectivity index (χ1v) is 8.68. The monoisotopic (exact) mass is 361 g/mol. The van der Waals surface area contributed by atoms with E-state index in [9.17, 15) is 9.59 Å². The summed E-state index contributed by atoms with van der Waals surface area (Å²) in [5, 5.41) is 3.36. The highest BCUT2D eigenvalue weighted by atomic mass is 16.2. The molecule has 1 aliphatic rings. The molecule has 2 aromatic heterocycles. The van der Waals surface area contributed by atoms with Crippen molar-refractivity contribution in [1.82, 2.24) is 19.9 Å². The first-order valence-electron chi connectivity index (χ1n) is 8.68. The van der Waals surface area contributed by atoms with Crippen LogP contribution >= 0.6 is 0 Å². The molecular formula is C20H19N5O2. The quantitative estimate of drug-likeness (QED) is 0.748. The number of nitrogens with zero attached hydrogens (tertiary/aromatic N) is 3. The second-order valence-electron chi connectivity index (χ2n) is 6.51. The fourth-order valence-electron chi connectivity index (χ4n) is 3.28. The molecule has 3 heterocycles. The first-order chi connectivity index (χ1) is 13.0. The van der Waals surface area contributed by atoms with Crippen LogP contribution in [-0.4, -0.2) is 38.1 Å². The fourth-order valence-corrected chi connectivity index (χ4v) is 3.28. The van der Waals surface area contributed by atoms with Crippen molar-refractivity contribution >= 4 is 23.1 Å². The molecule has 136 valence electrons. The summed E-state index contributed by atoms with van der Waals surface area (Å²) in [6, 6.07) is 11.5. The number of hydrogen-bond donors (Lipinski definition) is 2. The van der Waals surface area contributed by atoms with Gasteiger partial charge in [-0.3, -0.25) is 9.59 Å². The topological polar surface area (TPSA) is 91.0 Å². The number of H-pyrrole nitrogens is 1. The Kier molecular flexibility index (Phi) is 4.19. The number of hydrogen-bond acceptors (Lipinski definition) is 5. The Balaban J connectivity index is 1.86. The molecule has 0 saturated heterocycles. The lowest BCUT2D eigenvalue weighted by Crippen LogP contribution is -2.38. The third kappa shape index (κ3) is 3.19. The molecule has 0 unspecified atom stereocenters. The van der Waals surface area contributed by atoms with Gasteiger partial charge in [0.1, 0.15) is 5.82 Å². The third-order valence-corrected chi connectivity index (χ3v) is 4.56. The molecule has 1 amide bonds. The molecule has 0 radical (unpaired) electrons. The van der Waals surface area contributed by atoms with E-state index < -0.39 is 0 Å². The average Bonchev–Trinajstić information content (AvgIpc) is 3.01. The van der Waals surface area contributed by atoms with Crippen LogP contribution in [0.1, 0.15) is 28.8 Å². The molecule has 0 saturated carbocycles. The molecule has 1 aromatic carbocycles. The fraction of sp³-hybridized carbons (Fsp3) is 0.200. The van der Waals surface area contributed by atoms with Gasteiger partial charge in [-0.2, -0.15) is 0 Å². The third-order valence-electron chi connectivity index (χ3n) is 4.56. The van der Waals surface area contributed by atoms with Gasteiger partial charge in [-0.25, -0.2) is 9.97 Å². The normalized spacial score (nSPS) is 13.4. The molecule has 2 N–H and O–H groups in total. The van der Waals surface area contributed by atoms with Crippen molar-refractivity contribution in [2.45, 2.75) is 20.4 Å². The van der Waals surface area contributed by atoms with E-state index >= 15 is 0 Å². The van der Waals surface area contributed by atoms with Crippen LogP contribution < -0.4 is 5.32 Å². The van der Waals surface area contributed by atoms with Crippen LogP contribution in [0.5, 0.6) is 0 Å². The molecule has 7 heteroatoms. The van der Waals surface area contributed by atoms with Gasteiger partial charge >= 0.3 is 0 Å². The minimum Gasteiger partial charge on any atom is -0.353 e. The molecule has 4 rings (SSSR count). The molecule has 1 aliphatic heterocycles. The molecule has 0 fully saturated rings. The van der Waals surface area contributed by atoms with Crippen LogP contribution in [0, 0.1) is 6.92 Å². The number of carbonyl (C=O) groups excluding carboxylic acids is 2. The predicted molar refractivity (Wildman–Crippen MR) is 102 cm³/mol. The number of rotatable bonds is 3.